The van der Waals surface area contributed by atoms with Gasteiger partial charge in [0.15, 0.2) is 0 Å². The quantitative estimate of drug-likeness (QED) is 0.402. The molecule has 0 atom stereocenters. The van der Waals surface area contributed by atoms with Crippen LogP contribution in [0.25, 0.3) is 11.1 Å². The van der Waals surface area contributed by atoms with Crippen molar-refractivity contribution in [1.29, 1.82) is 0 Å². The molecule has 0 bridgehead atoms. The van der Waals surface area contributed by atoms with Crippen LogP contribution in [0.3, 0.4) is 0 Å². The van der Waals surface area contributed by atoms with Crippen LogP contribution >= 0.6 is 0 Å². The van der Waals surface area contributed by atoms with Crippen molar-refractivity contribution < 1.29 is 27.1 Å². The lowest BCUT2D eigenvalue weighted by atomic mass is 10.0. The van der Waals surface area contributed by atoms with Gasteiger partial charge in [-0.1, -0.05) is 24.3 Å². The van der Waals surface area contributed by atoms with E-state index in [0.717, 1.165) is 43.0 Å². The molecule has 0 unspecified atom stereocenters. The fourth-order valence-corrected chi connectivity index (χ4v) is 4.34. The zero-order valence-electron chi connectivity index (χ0n) is 20.5. The molecule has 37 heavy (non-hydrogen) atoms. The maximum absolute atomic E-state index is 14.9. The highest BCUT2D eigenvalue weighted by atomic mass is 19.4. The first-order valence-corrected chi connectivity index (χ1v) is 12.2. The highest BCUT2D eigenvalue weighted by molar-refractivity contribution is 5.94. The molecule has 1 aliphatic heterocycles. The first-order chi connectivity index (χ1) is 17.7. The maximum Gasteiger partial charge on any atom is 0.405 e. The number of ether oxygens (including phenoxy) is 1. The van der Waals surface area contributed by atoms with E-state index in [9.17, 15) is 22.4 Å². The van der Waals surface area contributed by atoms with Gasteiger partial charge in [-0.25, -0.2) is 4.39 Å². The van der Waals surface area contributed by atoms with Crippen molar-refractivity contribution in [3.8, 4) is 16.9 Å². The molecule has 1 aliphatic rings. The number of hydrogen-bond acceptors (Lipinski definition) is 4. The van der Waals surface area contributed by atoms with Gasteiger partial charge in [0.05, 0.1) is 6.61 Å². The van der Waals surface area contributed by atoms with Crippen LogP contribution in [0.5, 0.6) is 5.75 Å². The Balaban J connectivity index is 1.30. The number of alkyl halides is 3. The van der Waals surface area contributed by atoms with Gasteiger partial charge in [-0.15, -0.1) is 0 Å². The summed E-state index contributed by atoms with van der Waals surface area (Å²) in [6, 6.07) is 19.3. The van der Waals surface area contributed by atoms with Crippen molar-refractivity contribution in [2.24, 2.45) is 0 Å². The largest absolute Gasteiger partial charge is 0.494 e. The second kappa shape index (κ2) is 11.6. The van der Waals surface area contributed by atoms with E-state index >= 15 is 0 Å². The average molecular weight is 516 g/mol. The summed E-state index contributed by atoms with van der Waals surface area (Å²) in [6.07, 6.45) is -4.45. The van der Waals surface area contributed by atoms with Crippen molar-refractivity contribution in [2.75, 3.05) is 44.2 Å². The van der Waals surface area contributed by atoms with E-state index in [-0.39, 0.29) is 11.4 Å². The van der Waals surface area contributed by atoms with Crippen LogP contribution in [-0.2, 0) is 6.54 Å². The van der Waals surface area contributed by atoms with Crippen molar-refractivity contribution in [2.45, 2.75) is 19.6 Å². The van der Waals surface area contributed by atoms with Gasteiger partial charge in [0, 0.05) is 49.5 Å². The summed E-state index contributed by atoms with van der Waals surface area (Å²) in [4.78, 5) is 16.3. The normalized spacial score (nSPS) is 14.5. The van der Waals surface area contributed by atoms with E-state index in [2.05, 4.69) is 9.80 Å². The topological polar surface area (TPSA) is 44.8 Å². The molecule has 5 nitrogen and oxygen atoms in total. The van der Waals surface area contributed by atoms with Crippen LogP contribution in [0.15, 0.2) is 66.7 Å². The van der Waals surface area contributed by atoms with E-state index in [1.165, 1.54) is 12.1 Å². The molecule has 1 fully saturated rings. The van der Waals surface area contributed by atoms with Crippen molar-refractivity contribution in [1.82, 2.24) is 10.2 Å². The molecular formula is C28H29F4N3O2. The Kier molecular flexibility index (Phi) is 8.33. The summed E-state index contributed by atoms with van der Waals surface area (Å²) in [5.74, 6) is -0.321. The standard InChI is InChI=1S/C28H29F4N3O2/c1-2-37-24-5-3-4-22(17-24)25-11-6-20(16-26(25)29)18-34-12-14-35(15-13-34)23-9-7-21(8-10-23)27(36)33-19-28(30,31)32/h3-11,16-17H,2,12-15,18-19H2,1H3,(H,33,36). The molecule has 9 heteroatoms. The summed E-state index contributed by atoms with van der Waals surface area (Å²) in [6.45, 7) is 4.75. The second-order valence-electron chi connectivity index (χ2n) is 8.88. The van der Waals surface area contributed by atoms with Crippen molar-refractivity contribution >= 4 is 11.6 Å². The lowest BCUT2D eigenvalue weighted by Crippen LogP contribution is -2.46. The Morgan fingerprint density at radius 1 is 0.973 bits per heavy atom. The fourth-order valence-electron chi connectivity index (χ4n) is 4.34. The summed E-state index contributed by atoms with van der Waals surface area (Å²) >= 11 is 0. The number of benzene rings is 3. The molecule has 3 aromatic carbocycles. The predicted molar refractivity (Wildman–Crippen MR) is 135 cm³/mol. The summed E-state index contributed by atoms with van der Waals surface area (Å²) in [5, 5.41) is 1.87. The van der Waals surface area contributed by atoms with Crippen molar-refractivity contribution in [3.05, 3.63) is 83.7 Å². The first-order valence-electron chi connectivity index (χ1n) is 12.2. The Labute approximate surface area is 213 Å². The summed E-state index contributed by atoms with van der Waals surface area (Å²) in [5.41, 5.74) is 3.28. The summed E-state index contributed by atoms with van der Waals surface area (Å²) in [7, 11) is 0. The SMILES string of the molecule is CCOc1cccc(-c2ccc(CN3CCN(c4ccc(C(=O)NCC(F)(F)F)cc4)CC3)cc2F)c1. The Morgan fingerprint density at radius 2 is 1.70 bits per heavy atom. The number of rotatable bonds is 8. The lowest BCUT2D eigenvalue weighted by molar-refractivity contribution is -0.123. The zero-order chi connectivity index (χ0) is 26.4. The van der Waals surface area contributed by atoms with E-state index < -0.39 is 18.6 Å². The van der Waals surface area contributed by atoms with E-state index in [1.807, 2.05) is 42.6 Å². The highest BCUT2D eigenvalue weighted by Crippen LogP contribution is 2.28. The van der Waals surface area contributed by atoms with Gasteiger partial charge in [0.25, 0.3) is 5.91 Å². The summed E-state index contributed by atoms with van der Waals surface area (Å²) < 4.78 is 57.4. The molecule has 0 radical (unpaired) electrons. The fraction of sp³-hybridized carbons (Fsp3) is 0.321. The van der Waals surface area contributed by atoms with Crippen LogP contribution in [0.4, 0.5) is 23.2 Å². The Bertz CT molecular complexity index is 1210. The van der Waals surface area contributed by atoms with Gasteiger partial charge in [-0.05, 0) is 60.5 Å². The molecule has 1 amide bonds. The van der Waals surface area contributed by atoms with E-state index in [4.69, 9.17) is 4.74 Å². The average Bonchev–Trinajstić information content (AvgIpc) is 2.88. The Morgan fingerprint density at radius 3 is 2.35 bits per heavy atom. The highest BCUT2D eigenvalue weighted by Gasteiger charge is 2.28. The third-order valence-corrected chi connectivity index (χ3v) is 6.21. The van der Waals surface area contributed by atoms with Crippen LogP contribution in [0.1, 0.15) is 22.8 Å². The number of hydrogen-bond donors (Lipinski definition) is 1. The third kappa shape index (κ3) is 7.22. The smallest absolute Gasteiger partial charge is 0.405 e. The minimum Gasteiger partial charge on any atom is -0.494 e. The van der Waals surface area contributed by atoms with Crippen LogP contribution in [-0.4, -0.2) is 56.3 Å². The van der Waals surface area contributed by atoms with Gasteiger partial charge in [-0.3, -0.25) is 9.69 Å². The molecule has 1 N–H and O–H groups in total. The molecule has 196 valence electrons. The molecule has 0 aromatic heterocycles. The number of amides is 1. The molecule has 4 rings (SSSR count). The molecule has 0 saturated carbocycles. The molecular weight excluding hydrogens is 486 g/mol. The van der Waals surface area contributed by atoms with Crippen molar-refractivity contribution in [3.63, 3.8) is 0 Å². The number of carbonyl (C=O) groups is 1. The van der Waals surface area contributed by atoms with Crippen LogP contribution in [0.2, 0.25) is 0 Å². The second-order valence-corrected chi connectivity index (χ2v) is 8.88. The molecule has 0 aliphatic carbocycles. The van der Waals surface area contributed by atoms with Gasteiger partial charge in [0.1, 0.15) is 18.1 Å². The number of nitrogens with one attached hydrogen (secondary N) is 1. The number of piperazine rings is 1. The molecule has 3 aromatic rings. The third-order valence-electron chi connectivity index (χ3n) is 6.21. The zero-order valence-corrected chi connectivity index (χ0v) is 20.5. The number of nitrogens with zero attached hydrogens (tertiary/aromatic N) is 2. The van der Waals surface area contributed by atoms with Gasteiger partial charge < -0.3 is 15.0 Å². The number of anilines is 1. The first kappa shape index (κ1) is 26.5. The maximum atomic E-state index is 14.9. The monoisotopic (exact) mass is 515 g/mol. The molecule has 0 spiro atoms. The lowest BCUT2D eigenvalue weighted by Gasteiger charge is -2.36. The minimum absolute atomic E-state index is 0.182. The van der Waals surface area contributed by atoms with E-state index in [0.29, 0.717) is 24.5 Å². The number of carbonyl (C=O) groups excluding carboxylic acids is 1. The number of halogens is 4. The van der Waals surface area contributed by atoms with E-state index in [1.54, 1.807) is 24.3 Å². The van der Waals surface area contributed by atoms with Crippen LogP contribution < -0.4 is 15.0 Å². The minimum atomic E-state index is -4.45. The van der Waals surface area contributed by atoms with Gasteiger partial charge in [0.2, 0.25) is 0 Å². The van der Waals surface area contributed by atoms with Gasteiger partial charge >= 0.3 is 6.18 Å². The Hall–Kier alpha value is -3.59. The van der Waals surface area contributed by atoms with Crippen LogP contribution in [0, 0.1) is 5.82 Å². The molecule has 1 heterocycles. The molecule has 1 saturated heterocycles. The van der Waals surface area contributed by atoms with Gasteiger partial charge in [-0.2, -0.15) is 13.2 Å². The predicted octanol–water partition coefficient (Wildman–Crippen LogP) is 5.51.